The van der Waals surface area contributed by atoms with Gasteiger partial charge in [-0.1, -0.05) is 0 Å². The van der Waals surface area contributed by atoms with Crippen molar-refractivity contribution in [1.29, 1.82) is 0 Å². The zero-order valence-electron chi connectivity index (χ0n) is 11.7. The highest BCUT2D eigenvalue weighted by atomic mass is 32.2. The molecule has 2 N–H and O–H groups in total. The number of hydrogen-bond donors (Lipinski definition) is 1. The number of nitro groups is 1. The molecule has 2 rings (SSSR count). The molecule has 0 spiro atoms. The van der Waals surface area contributed by atoms with Crippen molar-refractivity contribution in [3.63, 3.8) is 0 Å². The lowest BCUT2D eigenvalue weighted by Crippen LogP contribution is -2.42. The van der Waals surface area contributed by atoms with Crippen molar-refractivity contribution in [2.24, 2.45) is 11.7 Å². The van der Waals surface area contributed by atoms with E-state index in [4.69, 9.17) is 5.73 Å². The average molecular weight is 314 g/mol. The number of rotatable bonds is 4. The molecule has 0 amide bonds. The molecule has 1 aliphatic rings. The van der Waals surface area contributed by atoms with Gasteiger partial charge in [0, 0.05) is 25.2 Å². The maximum atomic E-state index is 12.4. The van der Waals surface area contributed by atoms with Crippen LogP contribution in [0.2, 0.25) is 0 Å². The van der Waals surface area contributed by atoms with Gasteiger partial charge in [-0.05, 0) is 41.7 Å². The molecule has 1 aromatic heterocycles. The molecule has 1 aliphatic heterocycles. The van der Waals surface area contributed by atoms with Crippen LogP contribution in [0, 0.1) is 16.0 Å². The second-order valence-electron chi connectivity index (χ2n) is 5.21. The van der Waals surface area contributed by atoms with Gasteiger partial charge >= 0.3 is 5.82 Å². The predicted molar refractivity (Wildman–Crippen MR) is 76.0 cm³/mol. The van der Waals surface area contributed by atoms with E-state index in [0.717, 1.165) is 25.1 Å². The molecule has 0 aromatic carbocycles. The van der Waals surface area contributed by atoms with Crippen LogP contribution in [-0.2, 0) is 10.0 Å². The Morgan fingerprint density at radius 1 is 1.43 bits per heavy atom. The van der Waals surface area contributed by atoms with E-state index in [9.17, 15) is 18.5 Å². The fourth-order valence-corrected chi connectivity index (χ4v) is 3.84. The fraction of sp³-hybridized carbons (Fsp3) is 0.583. The topological polar surface area (TPSA) is 119 Å². The second-order valence-corrected chi connectivity index (χ2v) is 7.15. The molecule has 9 heteroatoms. The summed E-state index contributed by atoms with van der Waals surface area (Å²) in [5.41, 5.74) is 5.84. The lowest BCUT2D eigenvalue weighted by atomic mass is 9.92. The molecule has 1 unspecified atom stereocenters. The summed E-state index contributed by atoms with van der Waals surface area (Å²) < 4.78 is 26.2. The lowest BCUT2D eigenvalue weighted by molar-refractivity contribution is -0.389. The molecule has 1 aromatic rings. The van der Waals surface area contributed by atoms with Gasteiger partial charge in [0.25, 0.3) is 0 Å². The van der Waals surface area contributed by atoms with Gasteiger partial charge in [-0.15, -0.1) is 0 Å². The number of aromatic nitrogens is 1. The Morgan fingerprint density at radius 2 is 2.05 bits per heavy atom. The first-order valence-electron chi connectivity index (χ1n) is 6.68. The first kappa shape index (κ1) is 15.8. The van der Waals surface area contributed by atoms with Gasteiger partial charge in [0.05, 0.1) is 0 Å². The van der Waals surface area contributed by atoms with Crippen LogP contribution in [0.1, 0.15) is 19.8 Å². The Hall–Kier alpha value is -1.58. The van der Waals surface area contributed by atoms with Gasteiger partial charge in [0.15, 0.2) is 6.20 Å². The minimum Gasteiger partial charge on any atom is -0.358 e. The van der Waals surface area contributed by atoms with Gasteiger partial charge in [0.2, 0.25) is 10.0 Å². The first-order valence-corrected chi connectivity index (χ1v) is 8.12. The van der Waals surface area contributed by atoms with Crippen LogP contribution in [0.4, 0.5) is 5.82 Å². The van der Waals surface area contributed by atoms with Crippen molar-refractivity contribution in [3.8, 4) is 0 Å². The number of piperidine rings is 1. The summed E-state index contributed by atoms with van der Waals surface area (Å²) in [6.45, 7) is 2.74. The third-order valence-electron chi connectivity index (χ3n) is 3.79. The highest BCUT2D eigenvalue weighted by molar-refractivity contribution is 7.89. The van der Waals surface area contributed by atoms with Crippen LogP contribution in [0.15, 0.2) is 23.2 Å². The molecule has 1 atom stereocenters. The molecular weight excluding hydrogens is 296 g/mol. The minimum absolute atomic E-state index is 0.0210. The van der Waals surface area contributed by atoms with E-state index in [1.807, 2.05) is 6.92 Å². The fourth-order valence-electron chi connectivity index (χ4n) is 2.42. The molecule has 8 nitrogen and oxygen atoms in total. The molecule has 21 heavy (non-hydrogen) atoms. The van der Waals surface area contributed by atoms with Crippen LogP contribution in [-0.4, -0.2) is 41.8 Å². The van der Waals surface area contributed by atoms with Gasteiger partial charge in [-0.2, -0.15) is 4.31 Å². The molecule has 0 radical (unpaired) electrons. The van der Waals surface area contributed by atoms with E-state index in [0.29, 0.717) is 19.0 Å². The van der Waals surface area contributed by atoms with Gasteiger partial charge < -0.3 is 15.8 Å². The molecule has 0 aliphatic carbocycles. The Labute approximate surface area is 123 Å². The Balaban J connectivity index is 2.13. The van der Waals surface area contributed by atoms with Crippen LogP contribution in [0.5, 0.6) is 0 Å². The number of hydrogen-bond acceptors (Lipinski definition) is 6. The predicted octanol–water partition coefficient (Wildman–Crippen LogP) is 0.738. The van der Waals surface area contributed by atoms with Crippen molar-refractivity contribution < 1.29 is 13.3 Å². The quantitative estimate of drug-likeness (QED) is 0.646. The number of sulfonamides is 1. The third kappa shape index (κ3) is 3.36. The summed E-state index contributed by atoms with van der Waals surface area (Å²) in [4.78, 5) is 13.4. The van der Waals surface area contributed by atoms with E-state index in [2.05, 4.69) is 4.98 Å². The van der Waals surface area contributed by atoms with Gasteiger partial charge in [0.1, 0.15) is 4.90 Å². The van der Waals surface area contributed by atoms with Crippen LogP contribution in [0.25, 0.3) is 0 Å². The van der Waals surface area contributed by atoms with Crippen LogP contribution in [0.3, 0.4) is 0 Å². The standard InChI is InChI=1S/C12H18N4O4S/c1-9(13)10-4-6-15(7-5-10)21(19,20)11-2-3-12(14-8-11)16(17)18/h2-3,8-10H,4-7,13H2,1H3. The molecule has 0 saturated carbocycles. The summed E-state index contributed by atoms with van der Waals surface area (Å²) in [7, 11) is -3.65. The smallest absolute Gasteiger partial charge is 0.358 e. The van der Waals surface area contributed by atoms with Gasteiger partial charge in [-0.25, -0.2) is 8.42 Å². The van der Waals surface area contributed by atoms with Crippen LogP contribution < -0.4 is 5.73 Å². The summed E-state index contributed by atoms with van der Waals surface area (Å²) in [6.07, 6.45) is 2.47. The van der Waals surface area contributed by atoms with Crippen molar-refractivity contribution >= 4 is 15.8 Å². The molecule has 0 bridgehead atoms. The highest BCUT2D eigenvalue weighted by Gasteiger charge is 2.31. The first-order chi connectivity index (χ1) is 9.82. The lowest BCUT2D eigenvalue weighted by Gasteiger charge is -2.32. The molecule has 116 valence electrons. The maximum absolute atomic E-state index is 12.4. The SMILES string of the molecule is CC(N)C1CCN(S(=O)(=O)c2ccc([N+](=O)[O-])nc2)CC1. The normalized spacial score (nSPS) is 19.3. The van der Waals surface area contributed by atoms with Crippen LogP contribution >= 0.6 is 0 Å². The van der Waals surface area contributed by atoms with E-state index in [-0.39, 0.29) is 16.8 Å². The Bertz CT molecular complexity index is 607. The van der Waals surface area contributed by atoms with E-state index in [1.54, 1.807) is 0 Å². The Kier molecular flexibility index (Phi) is 4.55. The summed E-state index contributed by atoms with van der Waals surface area (Å²) in [5.74, 6) is -0.0453. The Morgan fingerprint density at radius 3 is 2.48 bits per heavy atom. The zero-order valence-corrected chi connectivity index (χ0v) is 12.5. The van der Waals surface area contributed by atoms with E-state index < -0.39 is 14.9 Å². The van der Waals surface area contributed by atoms with E-state index >= 15 is 0 Å². The molecule has 2 heterocycles. The summed E-state index contributed by atoms with van der Waals surface area (Å²) >= 11 is 0. The van der Waals surface area contributed by atoms with Crippen molar-refractivity contribution in [1.82, 2.24) is 9.29 Å². The van der Waals surface area contributed by atoms with Gasteiger partial charge in [-0.3, -0.25) is 0 Å². The number of nitrogens with zero attached hydrogens (tertiary/aromatic N) is 3. The maximum Gasteiger partial charge on any atom is 0.363 e. The average Bonchev–Trinajstić information content (AvgIpc) is 2.47. The highest BCUT2D eigenvalue weighted by Crippen LogP contribution is 2.25. The summed E-state index contributed by atoms with van der Waals surface area (Å²) in [6, 6.07) is 2.37. The molecular formula is C12H18N4O4S. The monoisotopic (exact) mass is 314 g/mol. The molecule has 1 saturated heterocycles. The second kappa shape index (κ2) is 6.04. The largest absolute Gasteiger partial charge is 0.363 e. The minimum atomic E-state index is -3.65. The number of pyridine rings is 1. The van der Waals surface area contributed by atoms with E-state index in [1.165, 1.54) is 10.4 Å². The summed E-state index contributed by atoms with van der Waals surface area (Å²) in [5, 5.41) is 10.5. The zero-order chi connectivity index (χ0) is 15.6. The van der Waals surface area contributed by atoms with Crippen molar-refractivity contribution in [2.45, 2.75) is 30.7 Å². The molecule has 1 fully saturated rings. The van der Waals surface area contributed by atoms with Crippen molar-refractivity contribution in [3.05, 3.63) is 28.4 Å². The number of nitrogens with two attached hydrogens (primary N) is 1. The third-order valence-corrected chi connectivity index (χ3v) is 5.67. The van der Waals surface area contributed by atoms with Crippen molar-refractivity contribution in [2.75, 3.05) is 13.1 Å².